The number of carbonyl (C=O) groups is 2. The van der Waals surface area contributed by atoms with Crippen molar-refractivity contribution in [3.8, 4) is 0 Å². The lowest BCUT2D eigenvalue weighted by molar-refractivity contribution is -0.149. The largest absolute Gasteiger partial charge is 0.460 e. The van der Waals surface area contributed by atoms with Crippen LogP contribution < -0.4 is 0 Å². The van der Waals surface area contributed by atoms with Crippen molar-refractivity contribution in [1.29, 1.82) is 0 Å². The van der Waals surface area contributed by atoms with Crippen molar-refractivity contribution in [2.24, 2.45) is 5.41 Å². The van der Waals surface area contributed by atoms with Crippen LogP contribution in [-0.2, 0) is 28.5 Å². The van der Waals surface area contributed by atoms with Gasteiger partial charge in [-0.1, -0.05) is 86.7 Å². The van der Waals surface area contributed by atoms with Gasteiger partial charge in [0.2, 0.25) is 0 Å². The molecule has 2 aromatic carbocycles. The van der Waals surface area contributed by atoms with Crippen molar-refractivity contribution in [2.45, 2.75) is 39.9 Å². The van der Waals surface area contributed by atoms with Crippen LogP contribution in [0, 0.1) is 19.3 Å². The molecule has 0 aromatic heterocycles. The molecule has 0 heterocycles. The standard InChI is InChI=1S/C29H36O6/c1-7-25(30)32-17-19-34-27(23-13-9-21(3)10-14-23)29(5,6)28(24-15-11-22(4)12-16-24)35-20-18-33-26(31)8-2/h7-16,27-28H,1-2,17-20H2,3-6H3. The Morgan fingerprint density at radius 2 is 1.06 bits per heavy atom. The van der Waals surface area contributed by atoms with E-state index in [0.717, 1.165) is 34.4 Å². The average molecular weight is 481 g/mol. The van der Waals surface area contributed by atoms with Crippen molar-refractivity contribution in [3.63, 3.8) is 0 Å². The van der Waals surface area contributed by atoms with Crippen molar-refractivity contribution in [1.82, 2.24) is 0 Å². The molecular formula is C29H36O6. The molecule has 0 bridgehead atoms. The average Bonchev–Trinajstić information content (AvgIpc) is 2.84. The molecule has 0 saturated carbocycles. The first-order valence-electron chi connectivity index (χ1n) is 11.6. The van der Waals surface area contributed by atoms with E-state index in [0.29, 0.717) is 0 Å². The summed E-state index contributed by atoms with van der Waals surface area (Å²) >= 11 is 0. The summed E-state index contributed by atoms with van der Waals surface area (Å²) in [6.45, 7) is 15.7. The highest BCUT2D eigenvalue weighted by Gasteiger charge is 2.41. The normalized spacial score (nSPS) is 12.9. The lowest BCUT2D eigenvalue weighted by atomic mass is 9.74. The number of esters is 2. The summed E-state index contributed by atoms with van der Waals surface area (Å²) in [6.07, 6.45) is 1.49. The maximum absolute atomic E-state index is 11.4. The summed E-state index contributed by atoms with van der Waals surface area (Å²) < 4.78 is 22.9. The summed E-state index contributed by atoms with van der Waals surface area (Å²) in [7, 11) is 0. The summed E-state index contributed by atoms with van der Waals surface area (Å²) in [5.74, 6) is -0.982. The second-order valence-corrected chi connectivity index (χ2v) is 8.89. The monoisotopic (exact) mass is 480 g/mol. The SMILES string of the molecule is C=CC(=O)OCCOC(c1ccc(C)cc1)C(C)(C)C(OCCOC(=O)C=C)c1ccc(C)cc1. The zero-order valence-electron chi connectivity index (χ0n) is 21.1. The van der Waals surface area contributed by atoms with E-state index in [1.54, 1.807) is 0 Å². The first-order valence-corrected chi connectivity index (χ1v) is 11.6. The van der Waals surface area contributed by atoms with Crippen LogP contribution in [0.15, 0.2) is 73.8 Å². The highest BCUT2D eigenvalue weighted by Crippen LogP contribution is 2.48. The van der Waals surface area contributed by atoms with Gasteiger partial charge in [-0.25, -0.2) is 9.59 Å². The summed E-state index contributed by atoms with van der Waals surface area (Å²) in [6, 6.07) is 16.3. The molecule has 0 N–H and O–H groups in total. The summed E-state index contributed by atoms with van der Waals surface area (Å²) in [5.41, 5.74) is 3.68. The molecule has 0 aliphatic heterocycles. The molecule has 0 spiro atoms. The Morgan fingerprint density at radius 3 is 1.37 bits per heavy atom. The van der Waals surface area contributed by atoms with Gasteiger partial charge in [0, 0.05) is 17.6 Å². The van der Waals surface area contributed by atoms with Crippen LogP contribution in [-0.4, -0.2) is 38.4 Å². The van der Waals surface area contributed by atoms with Gasteiger partial charge in [0.25, 0.3) is 0 Å². The van der Waals surface area contributed by atoms with Crippen LogP contribution >= 0.6 is 0 Å². The van der Waals surface area contributed by atoms with Gasteiger partial charge in [0.1, 0.15) is 13.2 Å². The van der Waals surface area contributed by atoms with Crippen molar-refractivity contribution < 1.29 is 28.5 Å². The number of ether oxygens (including phenoxy) is 4. The third-order valence-corrected chi connectivity index (χ3v) is 5.67. The van der Waals surface area contributed by atoms with Crippen LogP contribution in [0.4, 0.5) is 0 Å². The molecule has 0 saturated heterocycles. The second kappa shape index (κ2) is 13.6. The quantitative estimate of drug-likeness (QED) is 0.199. The van der Waals surface area contributed by atoms with Gasteiger partial charge in [0.15, 0.2) is 0 Å². The van der Waals surface area contributed by atoms with E-state index in [2.05, 4.69) is 27.0 Å². The molecule has 2 aromatic rings. The van der Waals surface area contributed by atoms with E-state index >= 15 is 0 Å². The number of carbonyl (C=O) groups excluding carboxylic acids is 2. The van der Waals surface area contributed by atoms with Crippen LogP contribution in [0.5, 0.6) is 0 Å². The molecule has 6 heteroatoms. The Bertz CT molecular complexity index is 896. The third-order valence-electron chi connectivity index (χ3n) is 5.67. The molecule has 2 unspecified atom stereocenters. The van der Waals surface area contributed by atoms with E-state index in [1.165, 1.54) is 0 Å². The molecule has 2 rings (SSSR count). The Kier molecular flexibility index (Phi) is 10.9. The first kappa shape index (κ1) is 28.0. The van der Waals surface area contributed by atoms with Gasteiger partial charge in [-0.2, -0.15) is 0 Å². The summed E-state index contributed by atoms with van der Waals surface area (Å²) in [5, 5.41) is 0. The van der Waals surface area contributed by atoms with E-state index in [4.69, 9.17) is 18.9 Å². The van der Waals surface area contributed by atoms with Crippen LogP contribution in [0.3, 0.4) is 0 Å². The lowest BCUT2D eigenvalue weighted by Gasteiger charge is -2.41. The van der Waals surface area contributed by atoms with Crippen LogP contribution in [0.1, 0.15) is 48.3 Å². The minimum atomic E-state index is -0.560. The van der Waals surface area contributed by atoms with Crippen molar-refractivity contribution in [3.05, 3.63) is 96.1 Å². The van der Waals surface area contributed by atoms with E-state index in [-0.39, 0.29) is 38.6 Å². The minimum absolute atomic E-state index is 0.108. The zero-order valence-corrected chi connectivity index (χ0v) is 21.1. The van der Waals surface area contributed by atoms with Crippen molar-refractivity contribution >= 4 is 11.9 Å². The summed E-state index contributed by atoms with van der Waals surface area (Å²) in [4.78, 5) is 22.9. The maximum atomic E-state index is 11.4. The smallest absolute Gasteiger partial charge is 0.330 e. The molecule has 2 atom stereocenters. The highest BCUT2D eigenvalue weighted by atomic mass is 16.6. The predicted molar refractivity (Wildman–Crippen MR) is 136 cm³/mol. The Hall–Kier alpha value is -3.22. The molecule has 0 radical (unpaired) electrons. The van der Waals surface area contributed by atoms with E-state index < -0.39 is 17.4 Å². The maximum Gasteiger partial charge on any atom is 0.330 e. The fraction of sp³-hybridized carbons (Fsp3) is 0.379. The minimum Gasteiger partial charge on any atom is -0.460 e. The molecule has 6 nitrogen and oxygen atoms in total. The molecular weight excluding hydrogens is 444 g/mol. The van der Waals surface area contributed by atoms with Gasteiger partial charge in [-0.3, -0.25) is 0 Å². The van der Waals surface area contributed by atoms with Crippen molar-refractivity contribution in [2.75, 3.05) is 26.4 Å². The number of aryl methyl sites for hydroxylation is 2. The number of hydrogen-bond donors (Lipinski definition) is 0. The topological polar surface area (TPSA) is 71.1 Å². The molecule has 35 heavy (non-hydrogen) atoms. The predicted octanol–water partition coefficient (Wildman–Crippen LogP) is 5.60. The van der Waals surface area contributed by atoms with Gasteiger partial charge in [-0.05, 0) is 25.0 Å². The van der Waals surface area contributed by atoms with Gasteiger partial charge >= 0.3 is 11.9 Å². The first-order chi connectivity index (χ1) is 16.7. The third kappa shape index (κ3) is 8.50. The molecule has 0 aliphatic rings. The number of hydrogen-bond acceptors (Lipinski definition) is 6. The van der Waals surface area contributed by atoms with Crippen LogP contribution in [0.25, 0.3) is 0 Å². The Balaban J connectivity index is 2.33. The van der Waals surface area contributed by atoms with Gasteiger partial charge in [-0.15, -0.1) is 0 Å². The highest BCUT2D eigenvalue weighted by molar-refractivity contribution is 5.81. The molecule has 0 aliphatic carbocycles. The molecule has 0 amide bonds. The van der Waals surface area contributed by atoms with E-state index in [1.807, 2.05) is 62.4 Å². The number of benzene rings is 2. The van der Waals surface area contributed by atoms with Crippen LogP contribution in [0.2, 0.25) is 0 Å². The lowest BCUT2D eigenvalue weighted by Crippen LogP contribution is -2.34. The fourth-order valence-electron chi connectivity index (χ4n) is 3.84. The van der Waals surface area contributed by atoms with E-state index in [9.17, 15) is 9.59 Å². The molecule has 0 fully saturated rings. The molecule has 188 valence electrons. The second-order valence-electron chi connectivity index (χ2n) is 8.89. The van der Waals surface area contributed by atoms with Gasteiger partial charge in [0.05, 0.1) is 25.4 Å². The number of rotatable bonds is 14. The van der Waals surface area contributed by atoms with Gasteiger partial charge < -0.3 is 18.9 Å². The Morgan fingerprint density at radius 1 is 0.714 bits per heavy atom. The Labute approximate surface area is 208 Å². The zero-order chi connectivity index (χ0) is 25.8. The fourth-order valence-corrected chi connectivity index (χ4v) is 3.84.